The van der Waals surface area contributed by atoms with E-state index in [0.29, 0.717) is 0 Å². The highest BCUT2D eigenvalue weighted by Gasteiger charge is 2.32. The molecule has 2 aromatic rings. The Morgan fingerprint density at radius 3 is 2.28 bits per heavy atom. The number of ketones is 1. The molecule has 0 bridgehead atoms. The maximum Gasteiger partial charge on any atom is 0.159 e. The van der Waals surface area contributed by atoms with E-state index in [2.05, 4.69) is 29.0 Å². The number of anilines is 1. The van der Waals surface area contributed by atoms with E-state index in [1.165, 1.54) is 5.56 Å². The molecule has 3 rings (SSSR count). The van der Waals surface area contributed by atoms with Gasteiger partial charge in [0.1, 0.15) is 5.75 Å². The average molecular weight is 439 g/mol. The van der Waals surface area contributed by atoms with Gasteiger partial charge in [0.25, 0.3) is 0 Å². The van der Waals surface area contributed by atoms with Crippen LogP contribution < -0.4 is 9.64 Å². The number of likely N-dealkylation sites (tertiary alicyclic amines) is 1. The minimum atomic E-state index is -0.589. The first kappa shape index (κ1) is 24.3. The Morgan fingerprint density at radius 2 is 1.72 bits per heavy atom. The maximum atomic E-state index is 11.4. The fraction of sp³-hybridized carbons (Fsp3) is 0.519. The van der Waals surface area contributed by atoms with Gasteiger partial charge in [0.2, 0.25) is 0 Å². The van der Waals surface area contributed by atoms with E-state index in [-0.39, 0.29) is 11.9 Å². The first-order valence-electron chi connectivity index (χ1n) is 11.8. The van der Waals surface area contributed by atoms with Gasteiger partial charge in [0.15, 0.2) is 5.78 Å². The normalized spacial score (nSPS) is 16.2. The van der Waals surface area contributed by atoms with E-state index in [9.17, 15) is 9.90 Å². The van der Waals surface area contributed by atoms with Crippen molar-refractivity contribution in [3.8, 4) is 5.75 Å². The molecule has 32 heavy (non-hydrogen) atoms. The summed E-state index contributed by atoms with van der Waals surface area (Å²) >= 11 is 0. The Bertz CT molecular complexity index is 853. The first-order chi connectivity index (χ1) is 15.2. The second kappa shape index (κ2) is 11.0. The minimum Gasteiger partial charge on any atom is -0.491 e. The number of aliphatic hydroxyl groups is 1. The predicted molar refractivity (Wildman–Crippen MR) is 131 cm³/mol. The summed E-state index contributed by atoms with van der Waals surface area (Å²) in [4.78, 5) is 16.0. The zero-order valence-corrected chi connectivity index (χ0v) is 20.0. The fourth-order valence-corrected chi connectivity index (χ4v) is 4.19. The molecular formula is C27H38N2O3. The number of piperidine rings is 1. The second-order valence-corrected chi connectivity index (χ2v) is 9.40. The Kier molecular flexibility index (Phi) is 8.32. The molecule has 0 unspecified atom stereocenters. The van der Waals surface area contributed by atoms with Crippen LogP contribution in [-0.2, 0) is 6.42 Å². The van der Waals surface area contributed by atoms with E-state index in [0.717, 1.165) is 68.9 Å². The molecule has 5 heteroatoms. The van der Waals surface area contributed by atoms with Crippen LogP contribution in [0.3, 0.4) is 0 Å². The van der Waals surface area contributed by atoms with E-state index < -0.39 is 5.60 Å². The maximum absolute atomic E-state index is 11.4. The SMILES string of the molecule is CC(=O)c1ccc(CCN2CCC(O)(CCN(C)c3ccc(OC(C)C)cc3)CC2)cc1. The molecule has 0 atom stereocenters. The lowest BCUT2D eigenvalue weighted by Gasteiger charge is -2.39. The standard InChI is InChI=1S/C27H38N2O3/c1-21(2)32-26-11-9-25(10-12-26)28(4)18-14-27(31)15-19-29(20-16-27)17-13-23-5-7-24(8-6-23)22(3)30/h5-12,21,31H,13-20H2,1-4H3. The molecule has 0 aliphatic carbocycles. The summed E-state index contributed by atoms with van der Waals surface area (Å²) in [6, 6.07) is 16.1. The average Bonchev–Trinajstić information content (AvgIpc) is 2.77. The topological polar surface area (TPSA) is 53.0 Å². The number of ether oxygens (including phenoxy) is 1. The van der Waals surface area contributed by atoms with Crippen molar-refractivity contribution in [2.24, 2.45) is 0 Å². The van der Waals surface area contributed by atoms with Crippen molar-refractivity contribution in [1.29, 1.82) is 0 Å². The number of Topliss-reactive ketones (excluding diaryl/α,β-unsaturated/α-hetero) is 1. The molecule has 0 radical (unpaired) electrons. The van der Waals surface area contributed by atoms with Crippen LogP contribution in [0, 0.1) is 0 Å². The van der Waals surface area contributed by atoms with Crippen LogP contribution in [0.5, 0.6) is 5.75 Å². The second-order valence-electron chi connectivity index (χ2n) is 9.40. The lowest BCUT2D eigenvalue weighted by molar-refractivity contribution is -0.0254. The van der Waals surface area contributed by atoms with Crippen molar-refractivity contribution in [1.82, 2.24) is 4.90 Å². The third-order valence-electron chi connectivity index (χ3n) is 6.43. The molecule has 1 N–H and O–H groups in total. The van der Waals surface area contributed by atoms with Crippen molar-refractivity contribution in [2.45, 2.75) is 58.2 Å². The Balaban J connectivity index is 1.41. The van der Waals surface area contributed by atoms with Gasteiger partial charge in [-0.3, -0.25) is 4.79 Å². The Labute approximate surface area is 193 Å². The molecule has 2 aromatic carbocycles. The van der Waals surface area contributed by atoms with Crippen molar-refractivity contribution < 1.29 is 14.6 Å². The van der Waals surface area contributed by atoms with Gasteiger partial charge in [-0.1, -0.05) is 24.3 Å². The summed E-state index contributed by atoms with van der Waals surface area (Å²) in [6.07, 6.45) is 3.53. The third kappa shape index (κ3) is 7.07. The molecule has 174 valence electrons. The van der Waals surface area contributed by atoms with Gasteiger partial charge < -0.3 is 19.6 Å². The van der Waals surface area contributed by atoms with Crippen molar-refractivity contribution >= 4 is 11.5 Å². The summed E-state index contributed by atoms with van der Waals surface area (Å²) in [5.74, 6) is 0.993. The molecule has 0 saturated carbocycles. The number of rotatable bonds is 10. The van der Waals surface area contributed by atoms with Gasteiger partial charge in [-0.25, -0.2) is 0 Å². The number of carbonyl (C=O) groups excluding carboxylic acids is 1. The van der Waals surface area contributed by atoms with Crippen molar-refractivity contribution in [3.63, 3.8) is 0 Å². The van der Waals surface area contributed by atoms with Crippen molar-refractivity contribution in [3.05, 3.63) is 59.7 Å². The monoisotopic (exact) mass is 438 g/mol. The molecule has 1 fully saturated rings. The van der Waals surface area contributed by atoms with Crippen LogP contribution in [0.15, 0.2) is 48.5 Å². The van der Waals surface area contributed by atoms with Gasteiger partial charge in [0, 0.05) is 44.5 Å². The molecule has 1 heterocycles. The van der Waals surface area contributed by atoms with Crippen LogP contribution >= 0.6 is 0 Å². The number of nitrogens with zero attached hydrogens (tertiary/aromatic N) is 2. The number of carbonyl (C=O) groups is 1. The molecule has 1 saturated heterocycles. The third-order valence-corrected chi connectivity index (χ3v) is 6.43. The molecule has 0 amide bonds. The van der Waals surface area contributed by atoms with Gasteiger partial charge in [-0.2, -0.15) is 0 Å². The highest BCUT2D eigenvalue weighted by atomic mass is 16.5. The van der Waals surface area contributed by atoms with E-state index >= 15 is 0 Å². The zero-order chi connectivity index (χ0) is 23.1. The lowest BCUT2D eigenvalue weighted by atomic mass is 9.88. The van der Waals surface area contributed by atoms with Crippen LogP contribution in [0.4, 0.5) is 5.69 Å². The van der Waals surface area contributed by atoms with Gasteiger partial charge >= 0.3 is 0 Å². The number of hydrogen-bond acceptors (Lipinski definition) is 5. The summed E-state index contributed by atoms with van der Waals surface area (Å²) in [6.45, 7) is 9.31. The molecular weight excluding hydrogens is 400 g/mol. The van der Waals surface area contributed by atoms with Gasteiger partial charge in [0.05, 0.1) is 11.7 Å². The summed E-state index contributed by atoms with van der Waals surface area (Å²) in [5.41, 5.74) is 2.57. The van der Waals surface area contributed by atoms with Gasteiger partial charge in [-0.15, -0.1) is 0 Å². The number of hydrogen-bond donors (Lipinski definition) is 1. The lowest BCUT2D eigenvalue weighted by Crippen LogP contribution is -2.46. The van der Waals surface area contributed by atoms with Crippen LogP contribution in [0.2, 0.25) is 0 Å². The summed E-state index contributed by atoms with van der Waals surface area (Å²) < 4.78 is 5.72. The van der Waals surface area contributed by atoms with E-state index in [1.54, 1.807) is 6.92 Å². The van der Waals surface area contributed by atoms with Crippen LogP contribution in [0.25, 0.3) is 0 Å². The van der Waals surface area contributed by atoms with Gasteiger partial charge in [-0.05, 0) is 76.3 Å². The summed E-state index contributed by atoms with van der Waals surface area (Å²) in [5, 5.41) is 11.1. The molecule has 1 aliphatic heterocycles. The quantitative estimate of drug-likeness (QED) is 0.551. The van der Waals surface area contributed by atoms with Crippen LogP contribution in [0.1, 0.15) is 56.0 Å². The van der Waals surface area contributed by atoms with Crippen LogP contribution in [-0.4, -0.2) is 60.7 Å². The zero-order valence-electron chi connectivity index (χ0n) is 20.0. The molecule has 0 aromatic heterocycles. The molecule has 5 nitrogen and oxygen atoms in total. The first-order valence-corrected chi connectivity index (χ1v) is 11.8. The molecule has 0 spiro atoms. The predicted octanol–water partition coefficient (Wildman–Crippen LogP) is 4.57. The van der Waals surface area contributed by atoms with E-state index in [1.807, 2.05) is 50.2 Å². The largest absolute Gasteiger partial charge is 0.491 e. The van der Waals surface area contributed by atoms with E-state index in [4.69, 9.17) is 4.74 Å². The highest BCUT2D eigenvalue weighted by molar-refractivity contribution is 5.94. The highest BCUT2D eigenvalue weighted by Crippen LogP contribution is 2.27. The Hall–Kier alpha value is -2.37. The smallest absolute Gasteiger partial charge is 0.159 e. The summed E-state index contributed by atoms with van der Waals surface area (Å²) in [7, 11) is 2.08. The minimum absolute atomic E-state index is 0.106. The fourth-order valence-electron chi connectivity index (χ4n) is 4.19. The van der Waals surface area contributed by atoms with Crippen molar-refractivity contribution in [2.75, 3.05) is 38.1 Å². The molecule has 1 aliphatic rings. The number of benzene rings is 2. The Morgan fingerprint density at radius 1 is 1.09 bits per heavy atom.